The van der Waals surface area contributed by atoms with E-state index in [-0.39, 0.29) is 30.0 Å². The maximum absolute atomic E-state index is 13.3. The number of halogens is 3. The number of amides is 1. The van der Waals surface area contributed by atoms with Crippen LogP contribution in [0.25, 0.3) is 4.91 Å². The average Bonchev–Trinajstić information content (AvgIpc) is 3.29. The van der Waals surface area contributed by atoms with E-state index in [4.69, 9.17) is 9.47 Å². The molecule has 228 valence electrons. The van der Waals surface area contributed by atoms with E-state index in [1.54, 1.807) is 23.1 Å². The lowest BCUT2D eigenvalue weighted by Gasteiger charge is -2.26. The molecule has 3 unspecified atom stereocenters. The zero-order chi connectivity index (χ0) is 30.1. The molecule has 3 aliphatic rings. The van der Waals surface area contributed by atoms with Crippen molar-refractivity contribution >= 4 is 38.8 Å². The number of aryl methyl sites for hydroxylation is 1. The van der Waals surface area contributed by atoms with Crippen LogP contribution in [0, 0.1) is 0 Å². The number of nitrogens with one attached hydrogen (secondary N) is 1. The number of thioether (sulfide) groups is 1. The minimum atomic E-state index is -4.74. The van der Waals surface area contributed by atoms with Gasteiger partial charge in [0.1, 0.15) is 15.8 Å². The molecule has 11 nitrogen and oxygen atoms in total. The molecule has 1 amide bonds. The molecule has 1 saturated carbocycles. The highest BCUT2D eigenvalue weighted by atomic mass is 32.3. The number of hydrogen-bond donors (Lipinski definition) is 2. The molecule has 2 N–H and O–H groups in total. The topological polar surface area (TPSA) is 148 Å². The van der Waals surface area contributed by atoms with Gasteiger partial charge >= 0.3 is 18.2 Å². The number of aliphatic carboxylic acids is 1. The number of ether oxygens (including phenoxy) is 2. The van der Waals surface area contributed by atoms with Crippen LogP contribution in [0.4, 0.5) is 18.0 Å². The standard InChI is InChI=1S/C26H28F3N3O8S2/c27-26(28,29)21-14-19(30-40-21)20-7-8-22(41-20)42(36,37)31-25(23(33)34)15-18(25)17-6-2-1-4-16(17)5-3-11-39-24(35)32-9-12-38-13-10-32/h1-2,4,6-7,14,18,22,31H,3,5,8-13,15H2,(H,33,34). The molecular formula is C26H28F3N3O8S2. The van der Waals surface area contributed by atoms with Gasteiger partial charge in [0.25, 0.3) is 0 Å². The van der Waals surface area contributed by atoms with Gasteiger partial charge in [0.05, 0.1) is 19.8 Å². The third kappa shape index (κ3) is 6.45. The summed E-state index contributed by atoms with van der Waals surface area (Å²) in [4.78, 5) is 26.4. The fraction of sp³-hybridized carbons (Fsp3) is 0.500. The molecule has 1 aromatic heterocycles. The van der Waals surface area contributed by atoms with Gasteiger partial charge in [-0.2, -0.15) is 17.9 Å². The summed E-state index contributed by atoms with van der Waals surface area (Å²) in [7, 11) is -4.23. The van der Waals surface area contributed by atoms with E-state index in [1.165, 1.54) is 6.08 Å². The van der Waals surface area contributed by atoms with E-state index in [0.29, 0.717) is 50.8 Å². The second-order valence-corrected chi connectivity index (χ2v) is 13.5. The van der Waals surface area contributed by atoms with Crippen molar-refractivity contribution in [1.82, 2.24) is 14.8 Å². The van der Waals surface area contributed by atoms with E-state index in [1.807, 2.05) is 6.07 Å². The van der Waals surface area contributed by atoms with Crippen LogP contribution in [-0.2, 0) is 36.9 Å². The molecule has 16 heteroatoms. The van der Waals surface area contributed by atoms with Crippen LogP contribution in [0.2, 0.25) is 0 Å². The number of sulfonamides is 1. The predicted octanol–water partition coefficient (Wildman–Crippen LogP) is 3.83. The minimum Gasteiger partial charge on any atom is -0.480 e. The van der Waals surface area contributed by atoms with Crippen LogP contribution in [0.1, 0.15) is 47.8 Å². The first-order valence-electron chi connectivity index (χ1n) is 13.2. The molecular weight excluding hydrogens is 603 g/mol. The van der Waals surface area contributed by atoms with E-state index < -0.39 is 50.1 Å². The molecule has 2 fully saturated rings. The highest BCUT2D eigenvalue weighted by molar-refractivity contribution is 8.18. The Morgan fingerprint density at radius 3 is 2.67 bits per heavy atom. The van der Waals surface area contributed by atoms with E-state index in [9.17, 15) is 36.3 Å². The summed E-state index contributed by atoms with van der Waals surface area (Å²) in [5.74, 6) is -3.27. The van der Waals surface area contributed by atoms with E-state index >= 15 is 0 Å². The Hall–Kier alpha value is -3.08. The quantitative estimate of drug-likeness (QED) is 0.371. The number of alkyl halides is 3. The number of morpholine rings is 1. The number of carboxylic acid groups (broad SMARTS) is 1. The number of rotatable bonds is 10. The zero-order valence-electron chi connectivity index (χ0n) is 22.1. The fourth-order valence-corrected chi connectivity index (χ4v) is 8.18. The Morgan fingerprint density at radius 2 is 1.98 bits per heavy atom. The molecule has 42 heavy (non-hydrogen) atoms. The number of carbonyl (C=O) groups is 2. The van der Waals surface area contributed by atoms with Crippen molar-refractivity contribution in [3.05, 3.63) is 59.0 Å². The van der Waals surface area contributed by atoms with Crippen molar-refractivity contribution in [1.29, 1.82) is 0 Å². The second-order valence-electron chi connectivity index (χ2n) is 10.1. The summed E-state index contributed by atoms with van der Waals surface area (Å²) in [5, 5.41) is 13.5. The van der Waals surface area contributed by atoms with Crippen molar-refractivity contribution in [3.63, 3.8) is 0 Å². The summed E-state index contributed by atoms with van der Waals surface area (Å²) < 4.78 is 81.3. The van der Waals surface area contributed by atoms with Gasteiger partial charge < -0.3 is 24.0 Å². The lowest BCUT2D eigenvalue weighted by molar-refractivity contribution is -0.155. The maximum Gasteiger partial charge on any atom is 0.452 e. The van der Waals surface area contributed by atoms with Crippen LogP contribution in [0.3, 0.4) is 0 Å². The molecule has 2 aromatic rings. The number of carboxylic acids is 1. The summed E-state index contributed by atoms with van der Waals surface area (Å²) in [6.07, 6.45) is -2.78. The van der Waals surface area contributed by atoms with Gasteiger partial charge in [-0.25, -0.2) is 13.2 Å². The largest absolute Gasteiger partial charge is 0.480 e. The Morgan fingerprint density at radius 1 is 1.24 bits per heavy atom. The van der Waals surface area contributed by atoms with Crippen LogP contribution in [0.5, 0.6) is 0 Å². The fourth-order valence-electron chi connectivity index (χ4n) is 5.03. The van der Waals surface area contributed by atoms with Crippen molar-refractivity contribution < 1.29 is 50.3 Å². The predicted molar refractivity (Wildman–Crippen MR) is 144 cm³/mol. The van der Waals surface area contributed by atoms with Gasteiger partial charge in [-0.1, -0.05) is 35.5 Å². The molecule has 0 radical (unpaired) electrons. The van der Waals surface area contributed by atoms with Crippen LogP contribution >= 0.6 is 11.8 Å². The number of allylic oxidation sites excluding steroid dienone is 1. The number of nitrogens with zero attached hydrogens (tertiary/aromatic N) is 2. The Bertz CT molecular complexity index is 1470. The van der Waals surface area contributed by atoms with Crippen molar-refractivity contribution in [2.75, 3.05) is 32.9 Å². The first-order chi connectivity index (χ1) is 19.9. The summed E-state index contributed by atoms with van der Waals surface area (Å²) in [5.41, 5.74) is -0.412. The normalized spacial score (nSPS) is 24.4. The molecule has 5 rings (SSSR count). The first-order valence-corrected chi connectivity index (χ1v) is 15.6. The van der Waals surface area contributed by atoms with Crippen LogP contribution in [0.15, 0.2) is 40.9 Å². The van der Waals surface area contributed by atoms with Gasteiger partial charge in [0.15, 0.2) is 0 Å². The maximum atomic E-state index is 13.3. The Balaban J connectivity index is 1.21. The van der Waals surface area contributed by atoms with Crippen molar-refractivity contribution in [3.8, 4) is 0 Å². The van der Waals surface area contributed by atoms with Gasteiger partial charge in [0.2, 0.25) is 15.8 Å². The van der Waals surface area contributed by atoms with Gasteiger partial charge in [-0.15, -0.1) is 11.8 Å². The average molecular weight is 632 g/mol. The lowest BCUT2D eigenvalue weighted by Crippen LogP contribution is -2.47. The number of carbonyl (C=O) groups excluding carboxylic acids is 1. The zero-order valence-corrected chi connectivity index (χ0v) is 23.8. The van der Waals surface area contributed by atoms with Gasteiger partial charge in [-0.3, -0.25) is 4.79 Å². The van der Waals surface area contributed by atoms with E-state index in [0.717, 1.165) is 17.3 Å². The molecule has 2 aliphatic heterocycles. The molecule has 1 saturated heterocycles. The molecule has 0 bridgehead atoms. The van der Waals surface area contributed by atoms with Crippen molar-refractivity contribution in [2.45, 2.75) is 47.9 Å². The third-order valence-electron chi connectivity index (χ3n) is 7.32. The first kappa shape index (κ1) is 30.4. The van der Waals surface area contributed by atoms with E-state index in [2.05, 4.69) is 14.4 Å². The van der Waals surface area contributed by atoms with Gasteiger partial charge in [-0.05, 0) is 36.8 Å². The van der Waals surface area contributed by atoms with Crippen LogP contribution < -0.4 is 4.72 Å². The smallest absolute Gasteiger partial charge is 0.452 e. The molecule has 3 atom stereocenters. The summed E-state index contributed by atoms with van der Waals surface area (Å²) in [6.45, 7) is 2.01. The number of hydrogen-bond acceptors (Lipinski definition) is 9. The van der Waals surface area contributed by atoms with Gasteiger partial charge in [0, 0.05) is 30.0 Å². The lowest BCUT2D eigenvalue weighted by atomic mass is 9.97. The van der Waals surface area contributed by atoms with Crippen LogP contribution in [-0.4, -0.2) is 78.7 Å². The Labute approximate surface area is 243 Å². The number of aromatic nitrogens is 1. The molecule has 1 aromatic carbocycles. The monoisotopic (exact) mass is 631 g/mol. The van der Waals surface area contributed by atoms with Crippen molar-refractivity contribution in [2.24, 2.45) is 0 Å². The highest BCUT2D eigenvalue weighted by Crippen LogP contribution is 2.54. The second kappa shape index (κ2) is 11.9. The summed E-state index contributed by atoms with van der Waals surface area (Å²) >= 11 is 0.777. The SMILES string of the molecule is O=C(OCCCc1ccccc1C1CC1(NS(=O)(=O)C1CC=C(c2cc(C(F)(F)F)on2)S1)C(=O)O)N1CCOCC1. The number of benzene rings is 1. The molecule has 0 spiro atoms. The minimum absolute atomic E-state index is 0.0283. The summed E-state index contributed by atoms with van der Waals surface area (Å²) in [6, 6.07) is 7.81. The highest BCUT2D eigenvalue weighted by Gasteiger charge is 2.64. The molecule has 3 heterocycles. The molecule has 1 aliphatic carbocycles. The Kier molecular flexibility index (Phi) is 8.60. The third-order valence-corrected chi connectivity index (χ3v) is 11.0.